The van der Waals surface area contributed by atoms with Gasteiger partial charge in [0, 0.05) is 19.0 Å². The number of hydrogen-bond acceptors (Lipinski definition) is 3. The fraction of sp³-hybridized carbons (Fsp3) is 0.381. The van der Waals surface area contributed by atoms with Gasteiger partial charge < -0.3 is 5.32 Å². The van der Waals surface area contributed by atoms with E-state index in [1.54, 1.807) is 24.3 Å². The third kappa shape index (κ3) is 4.22. The van der Waals surface area contributed by atoms with E-state index in [0.717, 1.165) is 16.7 Å². The lowest BCUT2D eigenvalue weighted by Crippen LogP contribution is -2.43. The number of amides is 1. The maximum atomic E-state index is 13.3. The minimum atomic E-state index is -3.69. The van der Waals surface area contributed by atoms with Gasteiger partial charge >= 0.3 is 0 Å². The number of benzene rings is 2. The average Bonchev–Trinajstić information content (AvgIpc) is 2.61. The van der Waals surface area contributed by atoms with Gasteiger partial charge in [0.25, 0.3) is 0 Å². The first-order valence-corrected chi connectivity index (χ1v) is 10.7. The largest absolute Gasteiger partial charge is 0.354 e. The van der Waals surface area contributed by atoms with E-state index in [1.165, 1.54) is 4.31 Å². The van der Waals surface area contributed by atoms with Crippen LogP contribution in [-0.4, -0.2) is 31.2 Å². The van der Waals surface area contributed by atoms with Crippen molar-refractivity contribution in [3.8, 4) is 0 Å². The molecule has 2 aromatic carbocycles. The molecule has 0 saturated carbocycles. The summed E-state index contributed by atoms with van der Waals surface area (Å²) in [6, 6.07) is 14.2. The Labute approximate surface area is 161 Å². The lowest BCUT2D eigenvalue weighted by Gasteiger charge is -2.36. The van der Waals surface area contributed by atoms with Gasteiger partial charge in [0.05, 0.1) is 10.9 Å². The monoisotopic (exact) mass is 386 g/mol. The van der Waals surface area contributed by atoms with Gasteiger partial charge in [-0.1, -0.05) is 42.0 Å². The van der Waals surface area contributed by atoms with Crippen molar-refractivity contribution in [2.24, 2.45) is 0 Å². The summed E-state index contributed by atoms with van der Waals surface area (Å²) in [4.78, 5) is 12.7. The molecule has 27 heavy (non-hydrogen) atoms. The second kappa shape index (κ2) is 7.82. The van der Waals surface area contributed by atoms with Crippen molar-refractivity contribution in [3.05, 3.63) is 65.2 Å². The van der Waals surface area contributed by atoms with E-state index >= 15 is 0 Å². The normalized spacial score (nSPS) is 17.6. The van der Waals surface area contributed by atoms with Crippen molar-refractivity contribution in [2.75, 3.05) is 6.54 Å². The summed E-state index contributed by atoms with van der Waals surface area (Å²) in [6.07, 6.45) is 0.754. The van der Waals surface area contributed by atoms with Gasteiger partial charge in [0.15, 0.2) is 0 Å². The highest BCUT2D eigenvalue weighted by atomic mass is 32.2. The van der Waals surface area contributed by atoms with Crippen LogP contribution in [0.4, 0.5) is 0 Å². The molecule has 0 fully saturated rings. The molecule has 1 aliphatic heterocycles. The standard InChI is InChI=1S/C21H26N2O3S/c1-15(2)22-21(24)14-20-19-7-5-4-6-17(19)12-13-23(20)27(25,26)18-10-8-16(3)9-11-18/h4-11,15,20H,12-14H2,1-3H3,(H,22,24). The lowest BCUT2D eigenvalue weighted by molar-refractivity contribution is -0.122. The van der Waals surface area contributed by atoms with E-state index in [4.69, 9.17) is 0 Å². The van der Waals surface area contributed by atoms with Crippen molar-refractivity contribution in [1.82, 2.24) is 9.62 Å². The molecule has 3 rings (SSSR count). The van der Waals surface area contributed by atoms with Gasteiger partial charge in [0.2, 0.25) is 15.9 Å². The van der Waals surface area contributed by atoms with E-state index in [9.17, 15) is 13.2 Å². The molecule has 1 aliphatic rings. The van der Waals surface area contributed by atoms with Crippen LogP contribution in [0.1, 0.15) is 43.0 Å². The fourth-order valence-corrected chi connectivity index (χ4v) is 5.14. The topological polar surface area (TPSA) is 66.5 Å². The summed E-state index contributed by atoms with van der Waals surface area (Å²) in [6.45, 7) is 6.08. The summed E-state index contributed by atoms with van der Waals surface area (Å²) in [5.41, 5.74) is 3.03. The van der Waals surface area contributed by atoms with Crippen LogP contribution < -0.4 is 5.32 Å². The summed E-state index contributed by atoms with van der Waals surface area (Å²) in [5, 5.41) is 2.88. The number of carbonyl (C=O) groups is 1. The molecule has 2 aromatic rings. The van der Waals surface area contributed by atoms with E-state index in [2.05, 4.69) is 5.32 Å². The van der Waals surface area contributed by atoms with Gasteiger partial charge in [-0.25, -0.2) is 8.42 Å². The van der Waals surface area contributed by atoms with Crippen LogP contribution in [0.3, 0.4) is 0 Å². The molecular formula is C21H26N2O3S. The second-order valence-corrected chi connectivity index (χ2v) is 9.21. The number of sulfonamides is 1. The van der Waals surface area contributed by atoms with Gasteiger partial charge in [-0.2, -0.15) is 4.31 Å². The highest BCUT2D eigenvalue weighted by molar-refractivity contribution is 7.89. The zero-order valence-corrected chi connectivity index (χ0v) is 16.8. The summed E-state index contributed by atoms with van der Waals surface area (Å²) in [5.74, 6) is -0.143. The molecule has 0 aliphatic carbocycles. The van der Waals surface area contributed by atoms with Gasteiger partial charge in [-0.3, -0.25) is 4.79 Å². The predicted octanol–water partition coefficient (Wildman–Crippen LogP) is 3.20. The Hall–Kier alpha value is -2.18. The summed E-state index contributed by atoms with van der Waals surface area (Å²) >= 11 is 0. The van der Waals surface area contributed by atoms with Crippen molar-refractivity contribution < 1.29 is 13.2 Å². The maximum absolute atomic E-state index is 13.3. The molecule has 0 spiro atoms. The van der Waals surface area contributed by atoms with E-state index < -0.39 is 16.1 Å². The number of aryl methyl sites for hydroxylation is 1. The Kier molecular flexibility index (Phi) is 5.67. The molecular weight excluding hydrogens is 360 g/mol. The lowest BCUT2D eigenvalue weighted by atomic mass is 9.92. The average molecular weight is 387 g/mol. The van der Waals surface area contributed by atoms with Crippen LogP contribution in [0.5, 0.6) is 0 Å². The zero-order chi connectivity index (χ0) is 19.6. The van der Waals surface area contributed by atoms with Crippen molar-refractivity contribution in [3.63, 3.8) is 0 Å². The minimum absolute atomic E-state index is 0.0125. The van der Waals surface area contributed by atoms with Crippen LogP contribution in [0.15, 0.2) is 53.4 Å². The molecule has 1 heterocycles. The third-order valence-corrected chi connectivity index (χ3v) is 6.74. The van der Waals surface area contributed by atoms with Crippen LogP contribution in [-0.2, 0) is 21.2 Å². The number of nitrogens with one attached hydrogen (secondary N) is 1. The van der Waals surface area contributed by atoms with Crippen LogP contribution >= 0.6 is 0 Å². The molecule has 1 unspecified atom stereocenters. The number of carbonyl (C=O) groups excluding carboxylic acids is 1. The highest BCUT2D eigenvalue weighted by Crippen LogP contribution is 2.36. The Morgan fingerprint density at radius 2 is 1.81 bits per heavy atom. The van der Waals surface area contributed by atoms with Crippen molar-refractivity contribution >= 4 is 15.9 Å². The molecule has 144 valence electrons. The number of nitrogens with zero attached hydrogens (tertiary/aromatic N) is 1. The van der Waals surface area contributed by atoms with E-state index in [1.807, 2.05) is 45.0 Å². The number of hydrogen-bond donors (Lipinski definition) is 1. The molecule has 1 atom stereocenters. The van der Waals surface area contributed by atoms with Crippen LogP contribution in [0.25, 0.3) is 0 Å². The minimum Gasteiger partial charge on any atom is -0.354 e. The molecule has 0 bridgehead atoms. The molecule has 0 aromatic heterocycles. The predicted molar refractivity (Wildman–Crippen MR) is 106 cm³/mol. The van der Waals surface area contributed by atoms with Crippen LogP contribution in [0, 0.1) is 6.92 Å². The highest BCUT2D eigenvalue weighted by Gasteiger charge is 2.37. The maximum Gasteiger partial charge on any atom is 0.243 e. The third-order valence-electron chi connectivity index (χ3n) is 4.82. The Bertz CT molecular complexity index is 921. The smallest absolute Gasteiger partial charge is 0.243 e. The fourth-order valence-electron chi connectivity index (χ4n) is 3.53. The molecule has 1 amide bonds. The van der Waals surface area contributed by atoms with Gasteiger partial charge in [0.1, 0.15) is 0 Å². The molecule has 6 heteroatoms. The zero-order valence-electron chi connectivity index (χ0n) is 16.0. The Morgan fingerprint density at radius 1 is 1.15 bits per heavy atom. The van der Waals surface area contributed by atoms with Gasteiger partial charge in [-0.05, 0) is 50.5 Å². The Balaban J connectivity index is 1.99. The number of fused-ring (bicyclic) bond motifs is 1. The van der Waals surface area contributed by atoms with Crippen molar-refractivity contribution in [2.45, 2.75) is 50.6 Å². The molecule has 0 radical (unpaired) electrons. The van der Waals surface area contributed by atoms with E-state index in [-0.39, 0.29) is 23.3 Å². The molecule has 0 saturated heterocycles. The second-order valence-electron chi connectivity index (χ2n) is 7.32. The van der Waals surface area contributed by atoms with Crippen molar-refractivity contribution in [1.29, 1.82) is 0 Å². The summed E-state index contributed by atoms with van der Waals surface area (Å²) < 4.78 is 28.1. The number of rotatable bonds is 5. The quantitative estimate of drug-likeness (QED) is 0.858. The first kappa shape index (κ1) is 19.6. The summed E-state index contributed by atoms with van der Waals surface area (Å²) in [7, 11) is -3.69. The SMILES string of the molecule is Cc1ccc(S(=O)(=O)N2CCc3ccccc3C2CC(=O)NC(C)C)cc1. The Morgan fingerprint density at radius 3 is 2.48 bits per heavy atom. The molecule has 1 N–H and O–H groups in total. The van der Waals surface area contributed by atoms with E-state index in [0.29, 0.717) is 13.0 Å². The first-order valence-electron chi connectivity index (χ1n) is 9.24. The van der Waals surface area contributed by atoms with Gasteiger partial charge in [-0.15, -0.1) is 0 Å². The first-order chi connectivity index (χ1) is 12.8. The van der Waals surface area contributed by atoms with Crippen LogP contribution in [0.2, 0.25) is 0 Å². The molecule has 5 nitrogen and oxygen atoms in total.